The molecule has 172 valence electrons. The molecule has 8 heteroatoms. The summed E-state index contributed by atoms with van der Waals surface area (Å²) < 4.78 is 37.4. The predicted octanol–water partition coefficient (Wildman–Crippen LogP) is 5.65. The summed E-state index contributed by atoms with van der Waals surface area (Å²) in [5, 5.41) is 17.4. The second-order valence-electron chi connectivity index (χ2n) is 9.27. The maximum atomic E-state index is 16.0. The molecule has 2 aromatic carbocycles. The highest BCUT2D eigenvalue weighted by Gasteiger charge is 2.41. The number of carboxylic acid groups (broad SMARTS) is 1. The minimum absolute atomic E-state index is 0.0149. The number of benzene rings is 2. The Morgan fingerprint density at radius 1 is 1.30 bits per heavy atom. The van der Waals surface area contributed by atoms with E-state index in [4.69, 9.17) is 4.74 Å². The molecule has 0 unspecified atom stereocenters. The van der Waals surface area contributed by atoms with E-state index in [1.165, 1.54) is 12.1 Å². The van der Waals surface area contributed by atoms with Gasteiger partial charge in [0.25, 0.3) is 0 Å². The molecule has 0 spiro atoms. The van der Waals surface area contributed by atoms with Crippen molar-refractivity contribution >= 4 is 27.8 Å². The number of aliphatic carboxylic acids is 1. The highest BCUT2D eigenvalue weighted by atomic mass is 19.1. The number of H-pyrrole nitrogens is 1. The Kier molecular flexibility index (Phi) is 5.01. The van der Waals surface area contributed by atoms with Crippen LogP contribution in [-0.2, 0) is 9.53 Å². The van der Waals surface area contributed by atoms with Gasteiger partial charge in [-0.3, -0.25) is 5.10 Å². The van der Waals surface area contributed by atoms with Gasteiger partial charge in [0, 0.05) is 28.1 Å². The number of carbonyl (C=O) groups is 1. The molecule has 1 aliphatic heterocycles. The molecule has 4 aromatic rings. The lowest BCUT2D eigenvalue weighted by Crippen LogP contribution is -2.43. The van der Waals surface area contributed by atoms with E-state index in [1.54, 1.807) is 25.3 Å². The summed E-state index contributed by atoms with van der Waals surface area (Å²) in [6.45, 7) is 5.82. The molecule has 1 aliphatic rings. The molecule has 0 bridgehead atoms. The number of ether oxygens (including phenoxy) is 1. The summed E-state index contributed by atoms with van der Waals surface area (Å²) in [6.07, 6.45) is 2.45. The zero-order chi connectivity index (χ0) is 23.5. The van der Waals surface area contributed by atoms with Crippen molar-refractivity contribution in [2.24, 2.45) is 0 Å². The number of carboxylic acids is 1. The zero-order valence-corrected chi connectivity index (χ0v) is 18.7. The summed E-state index contributed by atoms with van der Waals surface area (Å²) in [5.74, 6) is -1.91. The van der Waals surface area contributed by atoms with Crippen LogP contribution in [0.4, 0.5) is 8.78 Å². The molecule has 5 rings (SSSR count). The van der Waals surface area contributed by atoms with Gasteiger partial charge in [0.2, 0.25) is 0 Å². The number of nitrogens with zero attached hydrogens (tertiary/aromatic N) is 2. The van der Waals surface area contributed by atoms with Gasteiger partial charge in [-0.05, 0) is 61.6 Å². The Labute approximate surface area is 189 Å². The van der Waals surface area contributed by atoms with Crippen molar-refractivity contribution in [2.75, 3.05) is 6.61 Å². The number of aromatic nitrogens is 3. The van der Waals surface area contributed by atoms with Crippen LogP contribution >= 0.6 is 0 Å². The van der Waals surface area contributed by atoms with Crippen LogP contribution < -0.4 is 0 Å². The predicted molar refractivity (Wildman–Crippen MR) is 121 cm³/mol. The second-order valence-corrected chi connectivity index (χ2v) is 9.27. The van der Waals surface area contributed by atoms with Gasteiger partial charge in [-0.15, -0.1) is 0 Å². The number of rotatable bonds is 4. The molecule has 1 saturated heterocycles. The SMILES string of the molecule is CC(C)c1c([C@@H]2CC[C@@](C)(C(=O)O)OC2)c2c(F)c3[nH]ncc3cc2n1-c1ccc(F)cc1. The summed E-state index contributed by atoms with van der Waals surface area (Å²) in [7, 11) is 0. The van der Waals surface area contributed by atoms with E-state index >= 15 is 4.39 Å². The Morgan fingerprint density at radius 2 is 2.03 bits per heavy atom. The first-order valence-corrected chi connectivity index (χ1v) is 11.0. The first-order chi connectivity index (χ1) is 15.7. The van der Waals surface area contributed by atoms with Gasteiger partial charge in [0.15, 0.2) is 11.4 Å². The smallest absolute Gasteiger partial charge is 0.335 e. The van der Waals surface area contributed by atoms with Crippen LogP contribution in [0.3, 0.4) is 0 Å². The van der Waals surface area contributed by atoms with Gasteiger partial charge in [-0.1, -0.05) is 13.8 Å². The van der Waals surface area contributed by atoms with Crippen molar-refractivity contribution in [3.8, 4) is 5.69 Å². The topological polar surface area (TPSA) is 80.1 Å². The van der Waals surface area contributed by atoms with Gasteiger partial charge >= 0.3 is 5.97 Å². The van der Waals surface area contributed by atoms with Crippen LogP contribution in [0, 0.1) is 11.6 Å². The fourth-order valence-corrected chi connectivity index (χ4v) is 4.99. The lowest BCUT2D eigenvalue weighted by Gasteiger charge is -2.35. The van der Waals surface area contributed by atoms with Crippen LogP contribution in [0.25, 0.3) is 27.5 Å². The molecular weight excluding hydrogens is 428 g/mol. The van der Waals surface area contributed by atoms with E-state index in [2.05, 4.69) is 10.2 Å². The fraction of sp³-hybridized carbons (Fsp3) is 0.360. The van der Waals surface area contributed by atoms with Crippen molar-refractivity contribution < 1.29 is 23.4 Å². The van der Waals surface area contributed by atoms with Crippen molar-refractivity contribution in [1.29, 1.82) is 0 Å². The molecule has 2 atom stereocenters. The van der Waals surface area contributed by atoms with Gasteiger partial charge < -0.3 is 14.4 Å². The Bertz CT molecular complexity index is 1360. The number of halogens is 2. The fourth-order valence-electron chi connectivity index (χ4n) is 4.99. The normalized spacial score (nSPS) is 21.3. The largest absolute Gasteiger partial charge is 0.479 e. The van der Waals surface area contributed by atoms with Crippen molar-refractivity contribution in [3.05, 3.63) is 59.4 Å². The third-order valence-electron chi connectivity index (χ3n) is 6.75. The van der Waals surface area contributed by atoms with Crippen molar-refractivity contribution in [1.82, 2.24) is 14.8 Å². The van der Waals surface area contributed by atoms with Gasteiger partial charge in [0.05, 0.1) is 18.3 Å². The molecule has 1 fully saturated rings. The van der Waals surface area contributed by atoms with Crippen LogP contribution in [0.2, 0.25) is 0 Å². The first kappa shape index (κ1) is 21.6. The maximum absolute atomic E-state index is 16.0. The molecule has 0 radical (unpaired) electrons. The van der Waals surface area contributed by atoms with E-state index in [-0.39, 0.29) is 24.3 Å². The van der Waals surface area contributed by atoms with E-state index in [9.17, 15) is 14.3 Å². The number of hydrogen-bond acceptors (Lipinski definition) is 3. The lowest BCUT2D eigenvalue weighted by molar-refractivity contribution is -0.170. The minimum Gasteiger partial charge on any atom is -0.479 e. The molecule has 0 saturated carbocycles. The Balaban J connectivity index is 1.80. The van der Waals surface area contributed by atoms with Gasteiger partial charge in [-0.25, -0.2) is 13.6 Å². The quantitative estimate of drug-likeness (QED) is 0.419. The summed E-state index contributed by atoms with van der Waals surface area (Å²) >= 11 is 0. The summed E-state index contributed by atoms with van der Waals surface area (Å²) in [4.78, 5) is 11.7. The maximum Gasteiger partial charge on any atom is 0.335 e. The van der Waals surface area contributed by atoms with Crippen LogP contribution in [-0.4, -0.2) is 38.0 Å². The highest BCUT2D eigenvalue weighted by molar-refractivity contribution is 5.99. The third-order valence-corrected chi connectivity index (χ3v) is 6.75. The molecule has 2 aromatic heterocycles. The van der Waals surface area contributed by atoms with Crippen molar-refractivity contribution in [2.45, 2.75) is 51.0 Å². The van der Waals surface area contributed by atoms with Crippen LogP contribution in [0.15, 0.2) is 36.5 Å². The van der Waals surface area contributed by atoms with E-state index < -0.39 is 17.4 Å². The molecule has 2 N–H and O–H groups in total. The average molecular weight is 453 g/mol. The molecule has 0 amide bonds. The number of aromatic amines is 1. The van der Waals surface area contributed by atoms with E-state index in [0.29, 0.717) is 34.6 Å². The zero-order valence-electron chi connectivity index (χ0n) is 18.7. The van der Waals surface area contributed by atoms with Crippen LogP contribution in [0.5, 0.6) is 0 Å². The number of hydrogen-bond donors (Lipinski definition) is 2. The highest BCUT2D eigenvalue weighted by Crippen LogP contribution is 2.45. The average Bonchev–Trinajstić information content (AvgIpc) is 3.38. The van der Waals surface area contributed by atoms with Gasteiger partial charge in [-0.2, -0.15) is 5.10 Å². The third kappa shape index (κ3) is 3.31. The summed E-state index contributed by atoms with van der Waals surface area (Å²) in [6, 6.07) is 8.03. The molecule has 6 nitrogen and oxygen atoms in total. The molecule has 0 aliphatic carbocycles. The second kappa shape index (κ2) is 7.66. The Hall–Kier alpha value is -3.26. The van der Waals surface area contributed by atoms with E-state index in [0.717, 1.165) is 16.9 Å². The molecule has 3 heterocycles. The Morgan fingerprint density at radius 3 is 2.64 bits per heavy atom. The van der Waals surface area contributed by atoms with E-state index in [1.807, 2.05) is 24.5 Å². The summed E-state index contributed by atoms with van der Waals surface area (Å²) in [5.41, 5.74) is 2.18. The standard InChI is InChI=1S/C25H25F2N3O3/c1-13(2)23-19(14-8-9-25(3,24(31)32)33-12-14)20-18(10-15-11-28-29-22(15)21(20)27)30(23)17-6-4-16(26)5-7-17/h4-7,10-11,13-14H,8-9,12H2,1-3H3,(H,28,29)(H,31,32)/t14-,25+/m1/s1. The molecular formula is C25H25F2N3O3. The van der Waals surface area contributed by atoms with Crippen molar-refractivity contribution in [3.63, 3.8) is 0 Å². The first-order valence-electron chi connectivity index (χ1n) is 11.0. The van der Waals surface area contributed by atoms with Crippen LogP contribution in [0.1, 0.15) is 56.7 Å². The lowest BCUT2D eigenvalue weighted by atomic mass is 9.83. The monoisotopic (exact) mass is 453 g/mol. The number of nitrogens with one attached hydrogen (secondary N) is 1. The molecule has 33 heavy (non-hydrogen) atoms. The number of fused-ring (bicyclic) bond motifs is 2. The minimum atomic E-state index is -1.25. The van der Waals surface area contributed by atoms with Gasteiger partial charge in [0.1, 0.15) is 11.3 Å².